The van der Waals surface area contributed by atoms with E-state index in [0.717, 1.165) is 11.1 Å². The number of benzene rings is 1. The van der Waals surface area contributed by atoms with E-state index in [1.807, 2.05) is 12.1 Å². The average molecular weight is 422 g/mol. The fourth-order valence-electron chi connectivity index (χ4n) is 3.14. The third kappa shape index (κ3) is 4.42. The van der Waals surface area contributed by atoms with Crippen molar-refractivity contribution in [2.24, 2.45) is 0 Å². The standard InChI is InChI=1S/C21H22N6O4/c1-29-14-5-6-16(18(10-14)30-2)21(28)22-7-8-27-20-17(12-26-27)19(24-13-25-20)23-11-15-4-3-9-31-15/h3-6,9-10,12-13H,7-8,11H2,1-2H3,(H,22,28)(H,23,24,25). The highest BCUT2D eigenvalue weighted by molar-refractivity contribution is 5.97. The molecule has 0 radical (unpaired) electrons. The van der Waals surface area contributed by atoms with Crippen LogP contribution in [0, 0.1) is 0 Å². The van der Waals surface area contributed by atoms with Crippen molar-refractivity contribution < 1.29 is 18.7 Å². The summed E-state index contributed by atoms with van der Waals surface area (Å²) in [6.07, 6.45) is 4.81. The van der Waals surface area contributed by atoms with Gasteiger partial charge in [-0.2, -0.15) is 5.10 Å². The molecule has 10 nitrogen and oxygen atoms in total. The van der Waals surface area contributed by atoms with Crippen LogP contribution in [0.5, 0.6) is 11.5 Å². The van der Waals surface area contributed by atoms with Crippen molar-refractivity contribution in [3.8, 4) is 11.5 Å². The summed E-state index contributed by atoms with van der Waals surface area (Å²) in [6, 6.07) is 8.77. The molecule has 1 aromatic carbocycles. The summed E-state index contributed by atoms with van der Waals surface area (Å²) in [4.78, 5) is 21.2. The van der Waals surface area contributed by atoms with E-state index in [4.69, 9.17) is 13.9 Å². The molecule has 0 spiro atoms. The second kappa shape index (κ2) is 9.16. The minimum Gasteiger partial charge on any atom is -0.497 e. The Morgan fingerprint density at radius 3 is 2.87 bits per heavy atom. The summed E-state index contributed by atoms with van der Waals surface area (Å²) in [5.74, 6) is 2.29. The first-order valence-electron chi connectivity index (χ1n) is 9.62. The number of ether oxygens (including phenoxy) is 2. The number of nitrogens with zero attached hydrogens (tertiary/aromatic N) is 4. The number of fused-ring (bicyclic) bond motifs is 1. The SMILES string of the molecule is COc1ccc(C(=O)NCCn2ncc3c(NCc4ccco4)ncnc32)c(OC)c1. The normalized spacial score (nSPS) is 10.8. The fourth-order valence-corrected chi connectivity index (χ4v) is 3.14. The van der Waals surface area contributed by atoms with Crippen molar-refractivity contribution in [1.82, 2.24) is 25.1 Å². The van der Waals surface area contributed by atoms with E-state index in [2.05, 4.69) is 25.7 Å². The Bertz CT molecular complexity index is 1170. The Labute approximate surface area is 178 Å². The van der Waals surface area contributed by atoms with Gasteiger partial charge >= 0.3 is 0 Å². The number of amides is 1. The van der Waals surface area contributed by atoms with Crippen molar-refractivity contribution in [3.05, 3.63) is 60.4 Å². The Morgan fingerprint density at radius 2 is 2.10 bits per heavy atom. The van der Waals surface area contributed by atoms with Gasteiger partial charge in [0.15, 0.2) is 5.65 Å². The fraction of sp³-hybridized carbons (Fsp3) is 0.238. The average Bonchev–Trinajstić information content (AvgIpc) is 3.47. The number of methoxy groups -OCH3 is 2. The molecule has 0 atom stereocenters. The predicted octanol–water partition coefficient (Wildman–Crippen LogP) is 2.48. The van der Waals surface area contributed by atoms with Crippen LogP contribution in [-0.4, -0.2) is 46.4 Å². The molecule has 10 heteroatoms. The molecule has 0 aliphatic carbocycles. The van der Waals surface area contributed by atoms with Gasteiger partial charge in [0.1, 0.15) is 29.4 Å². The number of furan rings is 1. The molecule has 2 N–H and O–H groups in total. The summed E-state index contributed by atoms with van der Waals surface area (Å²) >= 11 is 0. The molecular weight excluding hydrogens is 400 g/mol. The van der Waals surface area contributed by atoms with E-state index in [1.54, 1.807) is 42.5 Å². The number of rotatable bonds is 9. The summed E-state index contributed by atoms with van der Waals surface area (Å²) < 4.78 is 17.5. The van der Waals surface area contributed by atoms with Crippen LogP contribution >= 0.6 is 0 Å². The molecule has 0 unspecified atom stereocenters. The lowest BCUT2D eigenvalue weighted by atomic mass is 10.1. The molecule has 0 aliphatic rings. The lowest BCUT2D eigenvalue weighted by molar-refractivity contribution is 0.0949. The Balaban J connectivity index is 1.40. The van der Waals surface area contributed by atoms with Gasteiger partial charge in [0.25, 0.3) is 5.91 Å². The maximum absolute atomic E-state index is 12.6. The van der Waals surface area contributed by atoms with E-state index in [1.165, 1.54) is 13.4 Å². The van der Waals surface area contributed by atoms with E-state index in [-0.39, 0.29) is 5.91 Å². The number of hydrogen-bond acceptors (Lipinski definition) is 8. The topological polar surface area (TPSA) is 116 Å². The van der Waals surface area contributed by atoms with Gasteiger partial charge in [-0.1, -0.05) is 0 Å². The lowest BCUT2D eigenvalue weighted by Crippen LogP contribution is -2.28. The molecule has 4 rings (SSSR count). The quantitative estimate of drug-likeness (QED) is 0.423. The van der Waals surface area contributed by atoms with Crippen LogP contribution in [0.3, 0.4) is 0 Å². The molecule has 0 saturated carbocycles. The minimum atomic E-state index is -0.244. The van der Waals surface area contributed by atoms with Gasteiger partial charge in [0.05, 0.1) is 50.7 Å². The van der Waals surface area contributed by atoms with Crippen molar-refractivity contribution in [2.75, 3.05) is 26.1 Å². The van der Waals surface area contributed by atoms with E-state index in [0.29, 0.717) is 48.2 Å². The number of nitrogens with one attached hydrogen (secondary N) is 2. The van der Waals surface area contributed by atoms with E-state index in [9.17, 15) is 4.79 Å². The highest BCUT2D eigenvalue weighted by Crippen LogP contribution is 2.24. The molecule has 0 fully saturated rings. The second-order valence-electron chi connectivity index (χ2n) is 6.58. The number of carbonyl (C=O) groups is 1. The van der Waals surface area contributed by atoms with Crippen LogP contribution in [0.1, 0.15) is 16.1 Å². The number of carbonyl (C=O) groups excluding carboxylic acids is 1. The van der Waals surface area contributed by atoms with Gasteiger partial charge in [0.2, 0.25) is 0 Å². The van der Waals surface area contributed by atoms with E-state index < -0.39 is 0 Å². The minimum absolute atomic E-state index is 0.244. The summed E-state index contributed by atoms with van der Waals surface area (Å²) in [5.41, 5.74) is 1.11. The molecule has 4 aromatic rings. The molecule has 3 aromatic heterocycles. The van der Waals surface area contributed by atoms with Crippen LogP contribution in [-0.2, 0) is 13.1 Å². The second-order valence-corrected chi connectivity index (χ2v) is 6.58. The van der Waals surface area contributed by atoms with E-state index >= 15 is 0 Å². The van der Waals surface area contributed by atoms with Crippen LogP contribution in [0.2, 0.25) is 0 Å². The Kier molecular flexibility index (Phi) is 5.97. The molecule has 3 heterocycles. The van der Waals surface area contributed by atoms with Crippen molar-refractivity contribution in [2.45, 2.75) is 13.1 Å². The third-order valence-electron chi connectivity index (χ3n) is 4.71. The number of anilines is 1. The third-order valence-corrected chi connectivity index (χ3v) is 4.71. The van der Waals surface area contributed by atoms with Gasteiger partial charge in [-0.05, 0) is 24.3 Å². The number of aromatic nitrogens is 4. The van der Waals surface area contributed by atoms with Gasteiger partial charge in [0, 0.05) is 12.6 Å². The highest BCUT2D eigenvalue weighted by Gasteiger charge is 2.14. The monoisotopic (exact) mass is 422 g/mol. The van der Waals surface area contributed by atoms with Crippen LogP contribution in [0.25, 0.3) is 11.0 Å². The van der Waals surface area contributed by atoms with Gasteiger partial charge in [-0.15, -0.1) is 0 Å². The predicted molar refractivity (Wildman–Crippen MR) is 113 cm³/mol. The zero-order chi connectivity index (χ0) is 21.6. The number of hydrogen-bond donors (Lipinski definition) is 2. The first-order chi connectivity index (χ1) is 15.2. The van der Waals surface area contributed by atoms with Gasteiger partial charge in [-0.25, -0.2) is 14.6 Å². The molecule has 1 amide bonds. The summed E-state index contributed by atoms with van der Waals surface area (Å²) in [5, 5.41) is 11.3. The Hall–Kier alpha value is -4.08. The molecule has 160 valence electrons. The summed E-state index contributed by atoms with van der Waals surface area (Å²) in [7, 11) is 3.07. The Morgan fingerprint density at radius 1 is 1.19 bits per heavy atom. The smallest absolute Gasteiger partial charge is 0.255 e. The largest absolute Gasteiger partial charge is 0.497 e. The maximum atomic E-state index is 12.6. The highest BCUT2D eigenvalue weighted by atomic mass is 16.5. The first kappa shape index (κ1) is 20.2. The van der Waals surface area contributed by atoms with Crippen LogP contribution in [0.4, 0.5) is 5.82 Å². The van der Waals surface area contributed by atoms with Crippen molar-refractivity contribution in [1.29, 1.82) is 0 Å². The molecule has 0 saturated heterocycles. The zero-order valence-electron chi connectivity index (χ0n) is 17.2. The zero-order valence-corrected chi connectivity index (χ0v) is 17.2. The summed E-state index contributed by atoms with van der Waals surface area (Å²) in [6.45, 7) is 1.32. The van der Waals surface area contributed by atoms with Crippen molar-refractivity contribution >= 4 is 22.8 Å². The molecular formula is C21H22N6O4. The molecule has 0 aliphatic heterocycles. The first-order valence-corrected chi connectivity index (χ1v) is 9.62. The van der Waals surface area contributed by atoms with Gasteiger partial charge in [-0.3, -0.25) is 4.79 Å². The molecule has 31 heavy (non-hydrogen) atoms. The lowest BCUT2D eigenvalue weighted by Gasteiger charge is -2.11. The molecule has 0 bridgehead atoms. The van der Waals surface area contributed by atoms with Crippen LogP contribution in [0.15, 0.2) is 53.5 Å². The maximum Gasteiger partial charge on any atom is 0.255 e. The van der Waals surface area contributed by atoms with Crippen molar-refractivity contribution in [3.63, 3.8) is 0 Å². The van der Waals surface area contributed by atoms with Gasteiger partial charge < -0.3 is 24.5 Å². The van der Waals surface area contributed by atoms with Crippen LogP contribution < -0.4 is 20.1 Å².